The zero-order valence-corrected chi connectivity index (χ0v) is 22.2. The molecule has 0 atom stereocenters. The molecule has 1 aliphatic heterocycles. The van der Waals surface area contributed by atoms with Crippen molar-refractivity contribution in [2.45, 2.75) is 72.1 Å². The van der Waals surface area contributed by atoms with Crippen molar-refractivity contribution in [1.29, 1.82) is 0 Å². The van der Waals surface area contributed by atoms with E-state index in [2.05, 4.69) is 52.0 Å². The number of aromatic nitrogens is 1. The summed E-state index contributed by atoms with van der Waals surface area (Å²) in [4.78, 5) is 29.1. The number of anilines is 1. The second-order valence-corrected chi connectivity index (χ2v) is 11.6. The molecule has 2 amide bonds. The van der Waals surface area contributed by atoms with Crippen LogP contribution in [0.4, 0.5) is 5.82 Å². The Labute approximate surface area is 208 Å². The van der Waals surface area contributed by atoms with Crippen molar-refractivity contribution in [3.8, 4) is 5.75 Å². The van der Waals surface area contributed by atoms with E-state index in [0.29, 0.717) is 56.3 Å². The number of hydrogen-bond acceptors (Lipinski definition) is 6. The van der Waals surface area contributed by atoms with E-state index in [1.807, 2.05) is 21.9 Å². The minimum Gasteiger partial charge on any atom is -0.507 e. The highest BCUT2D eigenvalue weighted by Gasteiger charge is 2.27. The Balaban J connectivity index is 1.54. The molecule has 3 rings (SSSR count). The van der Waals surface area contributed by atoms with Gasteiger partial charge in [-0.15, -0.1) is 0 Å². The van der Waals surface area contributed by atoms with Gasteiger partial charge in [-0.1, -0.05) is 58.8 Å². The number of aromatic hydroxyl groups is 1. The largest absolute Gasteiger partial charge is 0.507 e. The predicted octanol–water partition coefficient (Wildman–Crippen LogP) is 4.00. The van der Waals surface area contributed by atoms with Gasteiger partial charge in [-0.05, 0) is 40.9 Å². The van der Waals surface area contributed by atoms with Crippen LogP contribution in [0.3, 0.4) is 0 Å². The van der Waals surface area contributed by atoms with Crippen LogP contribution in [-0.2, 0) is 26.8 Å². The van der Waals surface area contributed by atoms with Gasteiger partial charge in [0.1, 0.15) is 11.5 Å². The van der Waals surface area contributed by atoms with Crippen LogP contribution in [0.2, 0.25) is 0 Å². The third-order valence-corrected chi connectivity index (χ3v) is 6.40. The molecule has 0 aliphatic carbocycles. The standard InChI is InChI=1S/C27H40N4O4/c1-18-14-22(29-35-18)28-23(32)17-30-10-12-31(13-11-30)24(33)9-8-19-15-20(26(2,3)4)25(34)21(16-19)27(5,6)7/h14-16,34H,8-13,17H2,1-7H3,(H,28,29,32). The number of benzene rings is 1. The number of hydrogen-bond donors (Lipinski definition) is 2. The third kappa shape index (κ3) is 7.07. The summed E-state index contributed by atoms with van der Waals surface area (Å²) < 4.78 is 4.97. The number of aryl methyl sites for hydroxylation is 2. The molecule has 192 valence electrons. The first-order chi connectivity index (χ1) is 16.2. The molecule has 8 nitrogen and oxygen atoms in total. The smallest absolute Gasteiger partial charge is 0.239 e. The number of nitrogens with one attached hydrogen (secondary N) is 1. The Bertz CT molecular complexity index is 1020. The van der Waals surface area contributed by atoms with Crippen molar-refractivity contribution < 1.29 is 19.2 Å². The molecule has 0 saturated carbocycles. The van der Waals surface area contributed by atoms with Gasteiger partial charge in [0, 0.05) is 38.7 Å². The van der Waals surface area contributed by atoms with Crippen molar-refractivity contribution in [1.82, 2.24) is 15.0 Å². The van der Waals surface area contributed by atoms with Crippen LogP contribution < -0.4 is 5.32 Å². The van der Waals surface area contributed by atoms with Gasteiger partial charge in [-0.3, -0.25) is 14.5 Å². The summed E-state index contributed by atoms with van der Waals surface area (Å²) in [6.07, 6.45) is 1.05. The van der Waals surface area contributed by atoms with E-state index in [1.165, 1.54) is 0 Å². The lowest BCUT2D eigenvalue weighted by Crippen LogP contribution is -2.50. The molecule has 0 radical (unpaired) electrons. The average molecular weight is 485 g/mol. The summed E-state index contributed by atoms with van der Waals surface area (Å²) in [5.74, 6) is 1.40. The van der Waals surface area contributed by atoms with E-state index in [0.717, 1.165) is 16.7 Å². The van der Waals surface area contributed by atoms with Crippen LogP contribution in [0.15, 0.2) is 22.7 Å². The molecule has 0 unspecified atom stereocenters. The van der Waals surface area contributed by atoms with Crippen LogP contribution >= 0.6 is 0 Å². The Hall–Kier alpha value is -2.87. The first-order valence-electron chi connectivity index (χ1n) is 12.3. The molecule has 1 aliphatic rings. The van der Waals surface area contributed by atoms with E-state index in [1.54, 1.807) is 13.0 Å². The molecule has 1 saturated heterocycles. The molecule has 8 heteroatoms. The summed E-state index contributed by atoms with van der Waals surface area (Å²) in [7, 11) is 0. The fourth-order valence-electron chi connectivity index (χ4n) is 4.36. The van der Waals surface area contributed by atoms with Crippen molar-refractivity contribution in [3.05, 3.63) is 40.6 Å². The molecular weight excluding hydrogens is 444 g/mol. The summed E-state index contributed by atoms with van der Waals surface area (Å²) in [5.41, 5.74) is 2.52. The normalized spacial score (nSPS) is 15.3. The zero-order chi connectivity index (χ0) is 26.0. The summed E-state index contributed by atoms with van der Waals surface area (Å²) in [5, 5.41) is 17.4. The summed E-state index contributed by atoms with van der Waals surface area (Å²) >= 11 is 0. The Morgan fingerprint density at radius 3 is 2.06 bits per heavy atom. The first kappa shape index (κ1) is 26.7. The molecule has 1 aromatic heterocycles. The summed E-state index contributed by atoms with van der Waals surface area (Å²) in [6.45, 7) is 17.1. The SMILES string of the molecule is Cc1cc(NC(=O)CN2CCN(C(=O)CCc3cc(C(C)(C)C)c(O)c(C(C)(C)C)c3)CC2)no1. The number of piperazine rings is 1. The van der Waals surface area contributed by atoms with Crippen LogP contribution in [0.25, 0.3) is 0 Å². The van der Waals surface area contributed by atoms with Gasteiger partial charge in [-0.2, -0.15) is 0 Å². The van der Waals surface area contributed by atoms with E-state index in [-0.39, 0.29) is 29.2 Å². The maximum atomic E-state index is 12.9. The minimum atomic E-state index is -0.195. The topological polar surface area (TPSA) is 98.9 Å². The number of phenolic OH excluding ortho intramolecular Hbond substituents is 1. The Kier molecular flexibility index (Phi) is 7.94. The molecule has 1 fully saturated rings. The van der Waals surface area contributed by atoms with E-state index in [9.17, 15) is 14.7 Å². The fourth-order valence-corrected chi connectivity index (χ4v) is 4.36. The lowest BCUT2D eigenvalue weighted by Gasteiger charge is -2.34. The van der Waals surface area contributed by atoms with Crippen molar-refractivity contribution in [2.75, 3.05) is 38.0 Å². The highest BCUT2D eigenvalue weighted by molar-refractivity contribution is 5.91. The number of nitrogens with zero attached hydrogens (tertiary/aromatic N) is 3. The van der Waals surface area contributed by atoms with Gasteiger partial charge in [0.2, 0.25) is 11.8 Å². The van der Waals surface area contributed by atoms with Crippen LogP contribution in [0, 0.1) is 6.92 Å². The van der Waals surface area contributed by atoms with Crippen LogP contribution in [-0.4, -0.2) is 64.6 Å². The molecule has 0 bridgehead atoms. The number of phenols is 1. The van der Waals surface area contributed by atoms with E-state index < -0.39 is 0 Å². The van der Waals surface area contributed by atoms with Gasteiger partial charge in [0.15, 0.2) is 5.82 Å². The van der Waals surface area contributed by atoms with Gasteiger partial charge in [0.05, 0.1) is 6.54 Å². The third-order valence-electron chi connectivity index (χ3n) is 6.40. The second-order valence-electron chi connectivity index (χ2n) is 11.6. The highest BCUT2D eigenvalue weighted by atomic mass is 16.5. The second kappa shape index (κ2) is 10.4. The maximum Gasteiger partial charge on any atom is 0.239 e. The average Bonchev–Trinajstić information content (AvgIpc) is 3.15. The maximum absolute atomic E-state index is 12.9. The first-order valence-corrected chi connectivity index (χ1v) is 12.3. The molecule has 1 aromatic carbocycles. The van der Waals surface area contributed by atoms with Gasteiger partial charge < -0.3 is 19.8 Å². The molecule has 2 N–H and O–H groups in total. The van der Waals surface area contributed by atoms with E-state index >= 15 is 0 Å². The van der Waals surface area contributed by atoms with Crippen molar-refractivity contribution in [3.63, 3.8) is 0 Å². The number of carbonyl (C=O) groups excluding carboxylic acids is 2. The van der Waals surface area contributed by atoms with E-state index in [4.69, 9.17) is 4.52 Å². The van der Waals surface area contributed by atoms with Crippen molar-refractivity contribution in [2.24, 2.45) is 0 Å². The molecular formula is C27H40N4O4. The monoisotopic (exact) mass is 484 g/mol. The Morgan fingerprint density at radius 2 is 1.57 bits per heavy atom. The van der Waals surface area contributed by atoms with Gasteiger partial charge in [0.25, 0.3) is 0 Å². The van der Waals surface area contributed by atoms with Crippen LogP contribution in [0.1, 0.15) is 70.4 Å². The number of carbonyl (C=O) groups is 2. The quantitative estimate of drug-likeness (QED) is 0.643. The van der Waals surface area contributed by atoms with Gasteiger partial charge in [-0.25, -0.2) is 0 Å². The molecule has 35 heavy (non-hydrogen) atoms. The van der Waals surface area contributed by atoms with Crippen LogP contribution in [0.5, 0.6) is 5.75 Å². The Morgan fingerprint density at radius 1 is 1.00 bits per heavy atom. The highest BCUT2D eigenvalue weighted by Crippen LogP contribution is 2.40. The molecule has 0 spiro atoms. The molecule has 2 heterocycles. The number of rotatable bonds is 6. The van der Waals surface area contributed by atoms with Crippen molar-refractivity contribution >= 4 is 17.6 Å². The lowest BCUT2D eigenvalue weighted by atomic mass is 9.78. The van der Waals surface area contributed by atoms with Gasteiger partial charge >= 0.3 is 0 Å². The summed E-state index contributed by atoms with van der Waals surface area (Å²) in [6, 6.07) is 5.77. The molecule has 2 aromatic rings. The zero-order valence-electron chi connectivity index (χ0n) is 22.2. The lowest BCUT2D eigenvalue weighted by molar-refractivity contribution is -0.133. The predicted molar refractivity (Wildman–Crippen MR) is 137 cm³/mol. The fraction of sp³-hybridized carbons (Fsp3) is 0.593. The number of amides is 2. The minimum absolute atomic E-state index is 0.120.